The molecule has 1 atom stereocenters. The van der Waals surface area contributed by atoms with Crippen molar-refractivity contribution in [3.63, 3.8) is 0 Å². The molecule has 6 heteroatoms. The number of urea groups is 1. The van der Waals surface area contributed by atoms with E-state index in [-0.39, 0.29) is 11.7 Å². The second kappa shape index (κ2) is 6.90. The summed E-state index contributed by atoms with van der Waals surface area (Å²) in [7, 11) is 0. The number of hydrogen-bond donors (Lipinski definition) is 3. The second-order valence-electron chi connectivity index (χ2n) is 4.01. The number of carbonyl (C=O) groups is 1. The van der Waals surface area contributed by atoms with E-state index in [2.05, 4.69) is 10.6 Å². The van der Waals surface area contributed by atoms with Gasteiger partial charge in [0.2, 0.25) is 0 Å². The minimum Gasteiger partial charge on any atom is -0.336 e. The molecule has 0 aliphatic carbocycles. The Bertz CT molecular complexity index is 412. The van der Waals surface area contributed by atoms with E-state index in [1.54, 1.807) is 0 Å². The van der Waals surface area contributed by atoms with Gasteiger partial charge in [0.05, 0.1) is 5.69 Å². The number of halogens is 2. The van der Waals surface area contributed by atoms with Gasteiger partial charge in [-0.3, -0.25) is 0 Å². The van der Waals surface area contributed by atoms with Gasteiger partial charge in [-0.05, 0) is 18.6 Å². The molecule has 1 unspecified atom stereocenters. The monoisotopic (exact) mass is 257 g/mol. The normalized spacial score (nSPS) is 12.0. The fourth-order valence-corrected chi connectivity index (χ4v) is 1.45. The summed E-state index contributed by atoms with van der Waals surface area (Å²) in [6, 6.07) is 2.25. The average molecular weight is 257 g/mol. The molecule has 0 aliphatic heterocycles. The van der Waals surface area contributed by atoms with Crippen LogP contribution in [-0.4, -0.2) is 18.6 Å². The van der Waals surface area contributed by atoms with Crippen LogP contribution in [0, 0.1) is 11.6 Å². The number of benzene rings is 1. The Morgan fingerprint density at radius 2 is 2.17 bits per heavy atom. The molecule has 18 heavy (non-hydrogen) atoms. The maximum absolute atomic E-state index is 13.2. The van der Waals surface area contributed by atoms with Gasteiger partial charge >= 0.3 is 6.03 Å². The lowest BCUT2D eigenvalue weighted by molar-refractivity contribution is 0.251. The predicted octanol–water partition coefficient (Wildman–Crippen LogP) is 2.21. The smallest absolute Gasteiger partial charge is 0.319 e. The third-order valence-electron chi connectivity index (χ3n) is 2.36. The van der Waals surface area contributed by atoms with Crippen LogP contribution in [-0.2, 0) is 0 Å². The van der Waals surface area contributed by atoms with E-state index < -0.39 is 17.7 Å². The Morgan fingerprint density at radius 1 is 1.44 bits per heavy atom. The first kappa shape index (κ1) is 14.4. The van der Waals surface area contributed by atoms with Crippen molar-refractivity contribution in [1.82, 2.24) is 5.32 Å². The Morgan fingerprint density at radius 3 is 2.78 bits per heavy atom. The number of carbonyl (C=O) groups excluding carboxylic acids is 1. The summed E-state index contributed by atoms with van der Waals surface area (Å²) in [5.41, 5.74) is 5.64. The zero-order valence-electron chi connectivity index (χ0n) is 10.2. The van der Waals surface area contributed by atoms with E-state index in [1.165, 1.54) is 0 Å². The highest BCUT2D eigenvalue weighted by molar-refractivity contribution is 5.89. The molecule has 0 spiro atoms. The molecule has 100 valence electrons. The van der Waals surface area contributed by atoms with Crippen LogP contribution in [0.3, 0.4) is 0 Å². The van der Waals surface area contributed by atoms with Crippen LogP contribution in [0.25, 0.3) is 0 Å². The first-order valence-corrected chi connectivity index (χ1v) is 5.78. The zero-order valence-corrected chi connectivity index (χ0v) is 10.2. The van der Waals surface area contributed by atoms with E-state index in [0.29, 0.717) is 12.6 Å². The van der Waals surface area contributed by atoms with Crippen LogP contribution in [0.2, 0.25) is 0 Å². The standard InChI is InChI=1S/C12H17F2N3O/c1-2-3-9(15)7-16-12(18)17-11-5-4-8(13)6-10(11)14/h4-6,9H,2-3,7,15H2,1H3,(H2,16,17,18). The maximum Gasteiger partial charge on any atom is 0.319 e. The van der Waals surface area contributed by atoms with Crippen LogP contribution in [0.15, 0.2) is 18.2 Å². The summed E-state index contributed by atoms with van der Waals surface area (Å²) in [5, 5.41) is 4.81. The highest BCUT2D eigenvalue weighted by Crippen LogP contribution is 2.14. The SMILES string of the molecule is CCCC(N)CNC(=O)Nc1ccc(F)cc1F. The lowest BCUT2D eigenvalue weighted by atomic mass is 10.2. The summed E-state index contributed by atoms with van der Waals surface area (Å²) in [5.74, 6) is -1.51. The molecule has 0 aliphatic rings. The summed E-state index contributed by atoms with van der Waals surface area (Å²) in [6.45, 7) is 2.30. The summed E-state index contributed by atoms with van der Waals surface area (Å²) < 4.78 is 25.9. The Hall–Kier alpha value is -1.69. The molecule has 1 aromatic carbocycles. The molecule has 4 nitrogen and oxygen atoms in total. The van der Waals surface area contributed by atoms with Crippen molar-refractivity contribution < 1.29 is 13.6 Å². The van der Waals surface area contributed by atoms with Crippen molar-refractivity contribution in [1.29, 1.82) is 0 Å². The largest absolute Gasteiger partial charge is 0.336 e. The van der Waals surface area contributed by atoms with Gasteiger partial charge in [-0.15, -0.1) is 0 Å². The van der Waals surface area contributed by atoms with E-state index in [1.807, 2.05) is 6.92 Å². The Labute approximate surface area is 105 Å². The van der Waals surface area contributed by atoms with Gasteiger partial charge in [-0.25, -0.2) is 13.6 Å². The van der Waals surface area contributed by atoms with Crippen molar-refractivity contribution >= 4 is 11.7 Å². The van der Waals surface area contributed by atoms with Gasteiger partial charge in [0, 0.05) is 18.7 Å². The van der Waals surface area contributed by atoms with Crippen LogP contribution >= 0.6 is 0 Å². The van der Waals surface area contributed by atoms with E-state index in [9.17, 15) is 13.6 Å². The van der Waals surface area contributed by atoms with Gasteiger partial charge in [0.15, 0.2) is 0 Å². The molecular weight excluding hydrogens is 240 g/mol. The molecule has 0 saturated carbocycles. The van der Waals surface area contributed by atoms with Crippen molar-refractivity contribution in [2.24, 2.45) is 5.73 Å². The highest BCUT2D eigenvalue weighted by atomic mass is 19.1. The first-order chi connectivity index (χ1) is 8.52. The number of rotatable bonds is 5. The van der Waals surface area contributed by atoms with Gasteiger partial charge in [-0.2, -0.15) is 0 Å². The third kappa shape index (κ3) is 4.67. The molecule has 1 rings (SSSR count). The van der Waals surface area contributed by atoms with E-state index in [0.717, 1.165) is 25.0 Å². The van der Waals surface area contributed by atoms with Gasteiger partial charge in [-0.1, -0.05) is 13.3 Å². The summed E-state index contributed by atoms with van der Waals surface area (Å²) in [6.07, 6.45) is 1.72. The summed E-state index contributed by atoms with van der Waals surface area (Å²) >= 11 is 0. The van der Waals surface area contributed by atoms with Crippen molar-refractivity contribution in [2.45, 2.75) is 25.8 Å². The Balaban J connectivity index is 2.44. The van der Waals surface area contributed by atoms with Gasteiger partial charge < -0.3 is 16.4 Å². The molecule has 0 aromatic heterocycles. The Kier molecular flexibility index (Phi) is 5.51. The molecule has 2 amide bonds. The van der Waals surface area contributed by atoms with Crippen LogP contribution < -0.4 is 16.4 Å². The number of anilines is 1. The predicted molar refractivity (Wildman–Crippen MR) is 66.3 cm³/mol. The number of nitrogens with two attached hydrogens (primary N) is 1. The fourth-order valence-electron chi connectivity index (χ4n) is 1.45. The number of nitrogens with one attached hydrogen (secondary N) is 2. The molecular formula is C12H17F2N3O. The van der Waals surface area contributed by atoms with Crippen molar-refractivity contribution in [2.75, 3.05) is 11.9 Å². The third-order valence-corrected chi connectivity index (χ3v) is 2.36. The molecule has 0 radical (unpaired) electrons. The fraction of sp³-hybridized carbons (Fsp3) is 0.417. The van der Waals surface area contributed by atoms with Crippen LogP contribution in [0.4, 0.5) is 19.3 Å². The van der Waals surface area contributed by atoms with Crippen molar-refractivity contribution in [3.8, 4) is 0 Å². The molecule has 1 aromatic rings. The maximum atomic E-state index is 13.2. The lowest BCUT2D eigenvalue weighted by Crippen LogP contribution is -2.39. The first-order valence-electron chi connectivity index (χ1n) is 5.78. The highest BCUT2D eigenvalue weighted by Gasteiger charge is 2.08. The molecule has 0 saturated heterocycles. The minimum atomic E-state index is -0.817. The molecule has 0 heterocycles. The van der Waals surface area contributed by atoms with E-state index in [4.69, 9.17) is 5.73 Å². The number of hydrogen-bond acceptors (Lipinski definition) is 2. The minimum absolute atomic E-state index is 0.0713. The molecule has 0 bridgehead atoms. The molecule has 0 fully saturated rings. The van der Waals surface area contributed by atoms with E-state index >= 15 is 0 Å². The second-order valence-corrected chi connectivity index (χ2v) is 4.01. The lowest BCUT2D eigenvalue weighted by Gasteiger charge is -2.12. The van der Waals surface area contributed by atoms with Crippen LogP contribution in [0.5, 0.6) is 0 Å². The quantitative estimate of drug-likeness (QED) is 0.757. The molecule has 4 N–H and O–H groups in total. The summed E-state index contributed by atoms with van der Waals surface area (Å²) in [4.78, 5) is 11.4. The van der Waals surface area contributed by atoms with Gasteiger partial charge in [0.1, 0.15) is 11.6 Å². The van der Waals surface area contributed by atoms with Crippen LogP contribution in [0.1, 0.15) is 19.8 Å². The topological polar surface area (TPSA) is 67.1 Å². The number of amides is 2. The average Bonchev–Trinajstić information content (AvgIpc) is 2.31. The van der Waals surface area contributed by atoms with Gasteiger partial charge in [0.25, 0.3) is 0 Å². The zero-order chi connectivity index (χ0) is 13.5. The van der Waals surface area contributed by atoms with Crippen molar-refractivity contribution in [3.05, 3.63) is 29.8 Å².